The van der Waals surface area contributed by atoms with E-state index in [1.807, 2.05) is 0 Å². The quantitative estimate of drug-likeness (QED) is 0.838. The average Bonchev–Trinajstić information content (AvgIpc) is 2.46. The van der Waals surface area contributed by atoms with Crippen molar-refractivity contribution in [2.75, 3.05) is 24.1 Å². The van der Waals surface area contributed by atoms with Crippen molar-refractivity contribution in [2.45, 2.75) is 39.2 Å². The van der Waals surface area contributed by atoms with E-state index in [1.165, 1.54) is 0 Å². The number of hydrogen-bond donors (Lipinski definition) is 2. The van der Waals surface area contributed by atoms with Gasteiger partial charge in [0.1, 0.15) is 0 Å². The van der Waals surface area contributed by atoms with Gasteiger partial charge in [0.05, 0.1) is 16.8 Å². The zero-order chi connectivity index (χ0) is 15.4. The average molecular weight is 310 g/mol. The topological polar surface area (TPSA) is 58.4 Å². The van der Waals surface area contributed by atoms with Crippen LogP contribution in [0.1, 0.15) is 33.1 Å². The molecule has 21 heavy (non-hydrogen) atoms. The molecule has 0 aliphatic carbocycles. The number of nitrogens with zero attached hydrogens (tertiary/aromatic N) is 1. The molecule has 1 fully saturated rings. The third kappa shape index (κ3) is 4.11. The molecule has 2 rings (SSSR count). The minimum absolute atomic E-state index is 0.0359. The molecule has 1 heterocycles. The number of amides is 1. The van der Waals surface area contributed by atoms with Crippen molar-refractivity contribution in [2.24, 2.45) is 5.92 Å². The van der Waals surface area contributed by atoms with Gasteiger partial charge in [-0.25, -0.2) is 0 Å². The largest absolute Gasteiger partial charge is 0.397 e. The molecular formula is C16H24ClN3O. The molecule has 0 bridgehead atoms. The Balaban J connectivity index is 2.01. The predicted molar refractivity (Wildman–Crippen MR) is 88.5 cm³/mol. The summed E-state index contributed by atoms with van der Waals surface area (Å²) in [5.41, 5.74) is 6.95. The second kappa shape index (κ2) is 7.14. The summed E-state index contributed by atoms with van der Waals surface area (Å²) in [4.78, 5) is 14.8. The van der Waals surface area contributed by atoms with Crippen LogP contribution in [0.5, 0.6) is 0 Å². The first-order chi connectivity index (χ1) is 10.0. The summed E-state index contributed by atoms with van der Waals surface area (Å²) in [6, 6.07) is 5.11. The maximum Gasteiger partial charge on any atom is 0.241 e. The number of benzene rings is 1. The zero-order valence-corrected chi connectivity index (χ0v) is 13.5. The number of carbonyl (C=O) groups is 1. The van der Waals surface area contributed by atoms with Crippen molar-refractivity contribution in [3.63, 3.8) is 0 Å². The van der Waals surface area contributed by atoms with Gasteiger partial charge < -0.3 is 11.1 Å². The fourth-order valence-corrected chi connectivity index (χ4v) is 2.91. The number of piperidine rings is 1. The summed E-state index contributed by atoms with van der Waals surface area (Å²) in [7, 11) is 0. The molecule has 1 saturated heterocycles. The van der Waals surface area contributed by atoms with Crippen LogP contribution < -0.4 is 11.1 Å². The van der Waals surface area contributed by atoms with Crippen LogP contribution in [0.25, 0.3) is 0 Å². The molecular weight excluding hydrogens is 286 g/mol. The Morgan fingerprint density at radius 1 is 1.48 bits per heavy atom. The van der Waals surface area contributed by atoms with Gasteiger partial charge in [0.25, 0.3) is 0 Å². The maximum atomic E-state index is 12.5. The SMILES string of the molecule is CCC(C(=O)Nc1ccc(Cl)c(N)c1)N1CCC(C)CC1. The first-order valence-corrected chi connectivity index (χ1v) is 7.99. The molecule has 4 nitrogen and oxygen atoms in total. The number of nitrogens with two attached hydrogens (primary N) is 1. The number of hydrogen-bond acceptors (Lipinski definition) is 3. The van der Waals surface area contributed by atoms with Crippen LogP contribution in [0.15, 0.2) is 18.2 Å². The van der Waals surface area contributed by atoms with E-state index in [4.69, 9.17) is 17.3 Å². The van der Waals surface area contributed by atoms with Crippen LogP contribution in [-0.4, -0.2) is 29.9 Å². The monoisotopic (exact) mass is 309 g/mol. The smallest absolute Gasteiger partial charge is 0.241 e. The predicted octanol–water partition coefficient (Wildman–Crippen LogP) is 3.37. The van der Waals surface area contributed by atoms with E-state index in [9.17, 15) is 4.79 Å². The molecule has 0 radical (unpaired) electrons. The van der Waals surface area contributed by atoms with Gasteiger partial charge in [0, 0.05) is 5.69 Å². The highest BCUT2D eigenvalue weighted by atomic mass is 35.5. The maximum absolute atomic E-state index is 12.5. The van der Waals surface area contributed by atoms with Crippen LogP contribution in [0, 0.1) is 5.92 Å². The molecule has 1 aromatic rings. The third-order valence-electron chi connectivity index (χ3n) is 4.21. The Morgan fingerprint density at radius 2 is 2.14 bits per heavy atom. The minimum Gasteiger partial charge on any atom is -0.397 e. The minimum atomic E-state index is -0.0746. The highest BCUT2D eigenvalue weighted by Gasteiger charge is 2.27. The van der Waals surface area contributed by atoms with Gasteiger partial charge in [-0.15, -0.1) is 0 Å². The highest BCUT2D eigenvalue weighted by Crippen LogP contribution is 2.24. The summed E-state index contributed by atoms with van der Waals surface area (Å²) in [6.07, 6.45) is 3.14. The van der Waals surface area contributed by atoms with Crippen molar-refractivity contribution < 1.29 is 4.79 Å². The lowest BCUT2D eigenvalue weighted by molar-refractivity contribution is -0.122. The van der Waals surface area contributed by atoms with Crippen LogP contribution in [0.4, 0.5) is 11.4 Å². The fraction of sp³-hybridized carbons (Fsp3) is 0.562. The van der Waals surface area contributed by atoms with Crippen LogP contribution in [-0.2, 0) is 4.79 Å². The zero-order valence-electron chi connectivity index (χ0n) is 12.7. The van der Waals surface area contributed by atoms with Crippen molar-refractivity contribution in [3.8, 4) is 0 Å². The van der Waals surface area contributed by atoms with Gasteiger partial charge in [-0.1, -0.05) is 25.4 Å². The van der Waals surface area contributed by atoms with Gasteiger partial charge in [-0.2, -0.15) is 0 Å². The van der Waals surface area contributed by atoms with E-state index < -0.39 is 0 Å². The first kappa shape index (κ1) is 16.1. The normalized spacial score (nSPS) is 18.4. The Labute approximate surface area is 131 Å². The summed E-state index contributed by atoms with van der Waals surface area (Å²) in [5.74, 6) is 0.798. The lowest BCUT2D eigenvalue weighted by atomic mass is 9.97. The number of carbonyl (C=O) groups excluding carboxylic acids is 1. The van der Waals surface area contributed by atoms with E-state index in [2.05, 4.69) is 24.1 Å². The first-order valence-electron chi connectivity index (χ1n) is 7.61. The number of rotatable bonds is 4. The number of halogens is 1. The molecule has 0 spiro atoms. The summed E-state index contributed by atoms with van der Waals surface area (Å²) >= 11 is 5.90. The molecule has 116 valence electrons. The van der Waals surface area contributed by atoms with Gasteiger partial charge in [-0.05, 0) is 56.5 Å². The molecule has 1 aliphatic heterocycles. The van der Waals surface area contributed by atoms with Crippen molar-refractivity contribution in [1.29, 1.82) is 0 Å². The van der Waals surface area contributed by atoms with Crippen LogP contribution in [0.3, 0.4) is 0 Å². The highest BCUT2D eigenvalue weighted by molar-refractivity contribution is 6.33. The van der Waals surface area contributed by atoms with Gasteiger partial charge in [-0.3, -0.25) is 9.69 Å². The number of likely N-dealkylation sites (tertiary alicyclic amines) is 1. The summed E-state index contributed by atoms with van der Waals surface area (Å²) < 4.78 is 0. The molecule has 0 aromatic heterocycles. The van der Waals surface area contributed by atoms with E-state index in [1.54, 1.807) is 18.2 Å². The third-order valence-corrected chi connectivity index (χ3v) is 4.56. The molecule has 1 aliphatic rings. The number of nitrogen functional groups attached to an aromatic ring is 1. The van der Waals surface area contributed by atoms with Crippen molar-refractivity contribution >= 4 is 28.9 Å². The molecule has 1 aromatic carbocycles. The molecule has 3 N–H and O–H groups in total. The molecule has 1 unspecified atom stereocenters. The van der Waals surface area contributed by atoms with Crippen molar-refractivity contribution in [1.82, 2.24) is 4.90 Å². The van der Waals surface area contributed by atoms with Gasteiger partial charge in [0.15, 0.2) is 0 Å². The van der Waals surface area contributed by atoms with E-state index in [0.29, 0.717) is 16.4 Å². The number of nitrogens with one attached hydrogen (secondary N) is 1. The lowest BCUT2D eigenvalue weighted by Crippen LogP contribution is -2.47. The summed E-state index contributed by atoms with van der Waals surface area (Å²) in [6.45, 7) is 6.32. The molecule has 1 atom stereocenters. The van der Waals surface area contributed by atoms with E-state index >= 15 is 0 Å². The van der Waals surface area contributed by atoms with E-state index in [0.717, 1.165) is 38.3 Å². The molecule has 1 amide bonds. The molecule has 5 heteroatoms. The second-order valence-corrected chi connectivity index (χ2v) is 6.28. The van der Waals surface area contributed by atoms with Crippen molar-refractivity contribution in [3.05, 3.63) is 23.2 Å². The standard InChI is InChI=1S/C16H24ClN3O/c1-3-15(20-8-6-11(2)7-9-20)16(21)19-12-4-5-13(17)14(18)10-12/h4-5,10-11,15H,3,6-9,18H2,1-2H3,(H,19,21). The Kier molecular flexibility index (Phi) is 5.48. The number of anilines is 2. The molecule has 0 saturated carbocycles. The van der Waals surface area contributed by atoms with Gasteiger partial charge >= 0.3 is 0 Å². The lowest BCUT2D eigenvalue weighted by Gasteiger charge is -2.35. The van der Waals surface area contributed by atoms with Gasteiger partial charge in [0.2, 0.25) is 5.91 Å². The van der Waals surface area contributed by atoms with Crippen LogP contribution in [0.2, 0.25) is 5.02 Å². The second-order valence-electron chi connectivity index (χ2n) is 5.87. The van der Waals surface area contributed by atoms with E-state index in [-0.39, 0.29) is 11.9 Å². The fourth-order valence-electron chi connectivity index (χ4n) is 2.80. The Hall–Kier alpha value is -1.26. The Bertz CT molecular complexity index is 498. The Morgan fingerprint density at radius 3 is 2.71 bits per heavy atom. The summed E-state index contributed by atoms with van der Waals surface area (Å²) in [5, 5.41) is 3.45. The van der Waals surface area contributed by atoms with Crippen LogP contribution >= 0.6 is 11.6 Å².